The third-order valence-electron chi connectivity index (χ3n) is 3.99. The molecule has 2 rings (SSSR count). The zero-order valence-electron chi connectivity index (χ0n) is 12.1. The summed E-state index contributed by atoms with van der Waals surface area (Å²) >= 11 is 0. The zero-order chi connectivity index (χ0) is 15.1. The van der Waals surface area contributed by atoms with Crippen LogP contribution in [0.3, 0.4) is 0 Å². The summed E-state index contributed by atoms with van der Waals surface area (Å²) < 4.78 is 27.0. The monoisotopic (exact) mass is 298 g/mol. The molecule has 1 aromatic rings. The summed E-state index contributed by atoms with van der Waals surface area (Å²) in [5, 5.41) is 9.73. The van der Waals surface area contributed by atoms with Crippen LogP contribution in [0.25, 0.3) is 0 Å². The first-order chi connectivity index (χ1) is 9.23. The molecule has 1 aliphatic rings. The van der Waals surface area contributed by atoms with Gasteiger partial charge < -0.3 is 10.8 Å². The van der Waals surface area contributed by atoms with E-state index in [4.69, 9.17) is 5.73 Å². The molecule has 0 amide bonds. The second kappa shape index (κ2) is 5.35. The number of hydrogen-bond acceptors (Lipinski definition) is 4. The summed E-state index contributed by atoms with van der Waals surface area (Å²) in [5.74, 6) is -0.0546. The van der Waals surface area contributed by atoms with Crippen LogP contribution in [0.5, 0.6) is 0 Å². The predicted octanol–water partition coefficient (Wildman–Crippen LogP) is 1.28. The van der Waals surface area contributed by atoms with Gasteiger partial charge >= 0.3 is 0 Å². The van der Waals surface area contributed by atoms with Crippen molar-refractivity contribution in [3.63, 3.8) is 0 Å². The summed E-state index contributed by atoms with van der Waals surface area (Å²) in [4.78, 5) is 0.276. The fourth-order valence-electron chi connectivity index (χ4n) is 2.57. The maximum Gasteiger partial charge on any atom is 0.243 e. The second-order valence-electron chi connectivity index (χ2n) is 5.67. The first-order valence-electron chi connectivity index (χ1n) is 6.78. The first-order valence-corrected chi connectivity index (χ1v) is 8.22. The normalized spacial score (nSPS) is 24.8. The number of nitrogens with zero attached hydrogens (tertiary/aromatic N) is 1. The number of aliphatic hydroxyl groups excluding tert-OH is 1. The molecule has 1 aromatic carbocycles. The molecule has 5 nitrogen and oxygen atoms in total. The van der Waals surface area contributed by atoms with Gasteiger partial charge in [0.2, 0.25) is 10.0 Å². The Kier molecular flexibility index (Phi) is 4.09. The number of piperidine rings is 1. The van der Waals surface area contributed by atoms with E-state index < -0.39 is 16.1 Å². The smallest absolute Gasteiger partial charge is 0.243 e. The Morgan fingerprint density at radius 1 is 1.35 bits per heavy atom. The number of sulfonamides is 1. The van der Waals surface area contributed by atoms with E-state index in [1.165, 1.54) is 4.31 Å². The Labute approximate surface area is 120 Å². The van der Waals surface area contributed by atoms with Crippen molar-refractivity contribution < 1.29 is 13.5 Å². The van der Waals surface area contributed by atoms with E-state index in [2.05, 4.69) is 0 Å². The van der Waals surface area contributed by atoms with Crippen LogP contribution in [0.4, 0.5) is 5.69 Å². The number of aryl methyl sites for hydroxylation is 1. The SMILES string of the molecule is Cc1cc(N)c(C)c(S(=O)(=O)N2CCC(O)C(C)C2)c1. The average molecular weight is 298 g/mol. The number of aliphatic hydroxyl groups is 1. The Bertz CT molecular complexity index is 613. The molecule has 6 heteroatoms. The lowest BCUT2D eigenvalue weighted by Gasteiger charge is -2.33. The molecule has 2 unspecified atom stereocenters. The standard InChI is InChI=1S/C14H22N2O3S/c1-9-6-12(15)11(3)14(7-9)20(18,19)16-5-4-13(17)10(2)8-16/h6-7,10,13,17H,4-5,8,15H2,1-3H3. The summed E-state index contributed by atoms with van der Waals surface area (Å²) in [6.45, 7) is 6.11. The van der Waals surface area contributed by atoms with Gasteiger partial charge in [-0.3, -0.25) is 0 Å². The van der Waals surface area contributed by atoms with E-state index in [0.29, 0.717) is 30.8 Å². The van der Waals surface area contributed by atoms with Crippen molar-refractivity contribution in [1.82, 2.24) is 4.31 Å². The van der Waals surface area contributed by atoms with Crippen molar-refractivity contribution in [2.75, 3.05) is 18.8 Å². The van der Waals surface area contributed by atoms with Gasteiger partial charge in [0, 0.05) is 18.8 Å². The topological polar surface area (TPSA) is 83.6 Å². The number of hydrogen-bond donors (Lipinski definition) is 2. The summed E-state index contributed by atoms with van der Waals surface area (Å²) in [5.41, 5.74) is 7.79. The fourth-order valence-corrected chi connectivity index (χ4v) is 4.47. The van der Waals surface area contributed by atoms with E-state index >= 15 is 0 Å². The molecule has 0 aromatic heterocycles. The van der Waals surface area contributed by atoms with Gasteiger partial charge in [0.15, 0.2) is 0 Å². The average Bonchev–Trinajstić information content (AvgIpc) is 2.36. The van der Waals surface area contributed by atoms with Crippen molar-refractivity contribution in [1.29, 1.82) is 0 Å². The molecular formula is C14H22N2O3S. The van der Waals surface area contributed by atoms with Gasteiger partial charge in [-0.2, -0.15) is 4.31 Å². The van der Waals surface area contributed by atoms with Gasteiger partial charge in [0.1, 0.15) is 0 Å². The number of nitrogens with two attached hydrogens (primary N) is 1. The van der Waals surface area contributed by atoms with Crippen LogP contribution < -0.4 is 5.73 Å². The largest absolute Gasteiger partial charge is 0.398 e. The van der Waals surface area contributed by atoms with Gasteiger partial charge in [-0.15, -0.1) is 0 Å². The van der Waals surface area contributed by atoms with Crippen LogP contribution in [0.2, 0.25) is 0 Å². The summed E-state index contributed by atoms with van der Waals surface area (Å²) in [7, 11) is -3.55. The molecule has 1 saturated heterocycles. The van der Waals surface area contributed by atoms with E-state index in [0.717, 1.165) is 5.56 Å². The molecule has 112 valence electrons. The van der Waals surface area contributed by atoms with Crippen LogP contribution in [0, 0.1) is 19.8 Å². The molecule has 20 heavy (non-hydrogen) atoms. The van der Waals surface area contributed by atoms with Gasteiger partial charge in [0.25, 0.3) is 0 Å². The van der Waals surface area contributed by atoms with Crippen molar-refractivity contribution in [3.8, 4) is 0 Å². The van der Waals surface area contributed by atoms with E-state index in [1.807, 2.05) is 13.8 Å². The van der Waals surface area contributed by atoms with Gasteiger partial charge in [-0.1, -0.05) is 6.92 Å². The minimum absolute atomic E-state index is 0.0546. The first kappa shape index (κ1) is 15.3. The third-order valence-corrected chi connectivity index (χ3v) is 5.98. The highest BCUT2D eigenvalue weighted by atomic mass is 32.2. The fraction of sp³-hybridized carbons (Fsp3) is 0.571. The molecule has 2 atom stereocenters. The number of benzene rings is 1. The quantitative estimate of drug-likeness (QED) is 0.806. The van der Waals surface area contributed by atoms with Crippen molar-refractivity contribution >= 4 is 15.7 Å². The van der Waals surface area contributed by atoms with E-state index in [9.17, 15) is 13.5 Å². The van der Waals surface area contributed by atoms with Crippen LogP contribution in [-0.2, 0) is 10.0 Å². The maximum atomic E-state index is 12.8. The second-order valence-corrected chi connectivity index (χ2v) is 7.58. The Morgan fingerprint density at radius 2 is 2.00 bits per heavy atom. The van der Waals surface area contributed by atoms with Gasteiger partial charge in [-0.25, -0.2) is 8.42 Å². The van der Waals surface area contributed by atoms with Gasteiger partial charge in [0.05, 0.1) is 11.0 Å². The highest BCUT2D eigenvalue weighted by Crippen LogP contribution is 2.29. The van der Waals surface area contributed by atoms with Crippen molar-refractivity contribution in [3.05, 3.63) is 23.3 Å². The minimum atomic E-state index is -3.55. The Morgan fingerprint density at radius 3 is 2.60 bits per heavy atom. The molecule has 1 fully saturated rings. The minimum Gasteiger partial charge on any atom is -0.398 e. The predicted molar refractivity (Wildman–Crippen MR) is 78.9 cm³/mol. The molecule has 0 aliphatic carbocycles. The van der Waals surface area contributed by atoms with E-state index in [1.54, 1.807) is 19.1 Å². The molecular weight excluding hydrogens is 276 g/mol. The van der Waals surface area contributed by atoms with Crippen molar-refractivity contribution in [2.24, 2.45) is 5.92 Å². The highest BCUT2D eigenvalue weighted by molar-refractivity contribution is 7.89. The lowest BCUT2D eigenvalue weighted by Crippen LogP contribution is -2.45. The molecule has 0 bridgehead atoms. The van der Waals surface area contributed by atoms with Crippen LogP contribution in [0.15, 0.2) is 17.0 Å². The molecule has 1 heterocycles. The number of anilines is 1. The van der Waals surface area contributed by atoms with Crippen molar-refractivity contribution in [2.45, 2.75) is 38.2 Å². The molecule has 0 radical (unpaired) electrons. The molecule has 0 saturated carbocycles. The lowest BCUT2D eigenvalue weighted by molar-refractivity contribution is 0.0628. The Hall–Kier alpha value is -1.11. The zero-order valence-corrected chi connectivity index (χ0v) is 12.9. The highest BCUT2D eigenvalue weighted by Gasteiger charge is 2.33. The maximum absolute atomic E-state index is 12.8. The molecule has 3 N–H and O–H groups in total. The molecule has 0 spiro atoms. The Balaban J connectivity index is 2.41. The number of rotatable bonds is 2. The molecule has 1 aliphatic heterocycles. The number of nitrogen functional groups attached to an aromatic ring is 1. The van der Waals surface area contributed by atoms with Crippen LogP contribution >= 0.6 is 0 Å². The van der Waals surface area contributed by atoms with E-state index in [-0.39, 0.29) is 10.8 Å². The third kappa shape index (κ3) is 2.68. The van der Waals surface area contributed by atoms with Gasteiger partial charge in [-0.05, 0) is 49.4 Å². The summed E-state index contributed by atoms with van der Waals surface area (Å²) in [6.07, 6.45) is 0.0471. The van der Waals surface area contributed by atoms with Crippen LogP contribution in [-0.4, -0.2) is 37.0 Å². The lowest BCUT2D eigenvalue weighted by atomic mass is 9.99. The van der Waals surface area contributed by atoms with Crippen LogP contribution in [0.1, 0.15) is 24.5 Å². The summed E-state index contributed by atoms with van der Waals surface area (Å²) in [6, 6.07) is 3.44.